The largest absolute Gasteiger partial charge is 0.378 e. The summed E-state index contributed by atoms with van der Waals surface area (Å²) in [6.45, 7) is 29.7. The van der Waals surface area contributed by atoms with Crippen LogP contribution in [0.3, 0.4) is 0 Å². The molecule has 2 rings (SSSR count). The second kappa shape index (κ2) is 25.4. The molecule has 43 heavy (non-hydrogen) atoms. The van der Waals surface area contributed by atoms with E-state index in [0.717, 1.165) is 30.9 Å². The Balaban J connectivity index is 0.000000638. The average molecular weight is 615 g/mol. The molecule has 0 saturated carbocycles. The number of rotatable bonds is 20. The van der Waals surface area contributed by atoms with Gasteiger partial charge in [0.2, 0.25) is 0 Å². The van der Waals surface area contributed by atoms with Gasteiger partial charge in [-0.05, 0) is 83.1 Å². The van der Waals surface area contributed by atoms with Gasteiger partial charge in [-0.2, -0.15) is 0 Å². The lowest BCUT2D eigenvalue weighted by atomic mass is 10.3. The van der Waals surface area contributed by atoms with Crippen molar-refractivity contribution in [2.24, 2.45) is 0 Å². The van der Waals surface area contributed by atoms with E-state index in [1.165, 1.54) is 0 Å². The van der Waals surface area contributed by atoms with Crippen LogP contribution in [0.1, 0.15) is 94.5 Å². The third-order valence-electron chi connectivity index (χ3n) is 5.07. The Bertz CT molecular complexity index is 847. The number of hydrogen-bond acceptors (Lipinski definition) is 10. The standard InChI is InChI=1S/C12H23N3O2.C11H21N3O2.C8H18O2/c1-10(2)16-7-5-12-9-15(14-13-12)6-8-17-11(3)4;1-9(2)15-6-5-14-7-11(12-13-14)8-16-10(3)4;1-7(2)9-5-6-10-8(3)4/h9-11H,5-8H2,1-4H3;7,9-10H,5-6,8H2,1-4H3;7-8H,5-6H2,1-4H3. The maximum Gasteiger partial charge on any atom is 0.108 e. The van der Waals surface area contributed by atoms with Crippen LogP contribution in [-0.4, -0.2) is 99.6 Å². The van der Waals surface area contributed by atoms with Crippen molar-refractivity contribution in [2.45, 2.75) is 146 Å². The maximum absolute atomic E-state index is 5.47. The highest BCUT2D eigenvalue weighted by molar-refractivity contribution is 4.92. The van der Waals surface area contributed by atoms with Crippen LogP contribution in [-0.2, 0) is 54.5 Å². The number of hydrogen-bond donors (Lipinski definition) is 0. The van der Waals surface area contributed by atoms with E-state index in [0.29, 0.717) is 51.8 Å². The molecule has 2 aromatic heterocycles. The van der Waals surface area contributed by atoms with Gasteiger partial charge in [-0.25, -0.2) is 9.36 Å². The Morgan fingerprint density at radius 3 is 1.23 bits per heavy atom. The van der Waals surface area contributed by atoms with E-state index < -0.39 is 0 Å². The van der Waals surface area contributed by atoms with Gasteiger partial charge in [0.05, 0.1) is 101 Å². The molecule has 0 aliphatic rings. The van der Waals surface area contributed by atoms with Gasteiger partial charge >= 0.3 is 0 Å². The second-order valence-electron chi connectivity index (χ2n) is 11.7. The van der Waals surface area contributed by atoms with E-state index >= 15 is 0 Å². The van der Waals surface area contributed by atoms with Crippen LogP contribution in [0.2, 0.25) is 0 Å². The minimum absolute atomic E-state index is 0.217. The van der Waals surface area contributed by atoms with Gasteiger partial charge < -0.3 is 28.4 Å². The van der Waals surface area contributed by atoms with E-state index in [9.17, 15) is 0 Å². The molecule has 0 aliphatic carbocycles. The highest BCUT2D eigenvalue weighted by Crippen LogP contribution is 2.00. The van der Waals surface area contributed by atoms with Gasteiger partial charge in [-0.15, -0.1) is 10.2 Å². The van der Waals surface area contributed by atoms with Gasteiger partial charge in [0.15, 0.2) is 0 Å². The summed E-state index contributed by atoms with van der Waals surface area (Å²) in [6.07, 6.45) is 6.29. The lowest BCUT2D eigenvalue weighted by Gasteiger charge is -2.09. The summed E-state index contributed by atoms with van der Waals surface area (Å²) < 4.78 is 35.9. The zero-order chi connectivity index (χ0) is 32.6. The van der Waals surface area contributed by atoms with Crippen LogP contribution in [0.4, 0.5) is 0 Å². The lowest BCUT2D eigenvalue weighted by molar-refractivity contribution is -0.00108. The van der Waals surface area contributed by atoms with E-state index in [1.807, 2.05) is 100 Å². The fourth-order valence-corrected chi connectivity index (χ4v) is 3.06. The summed E-state index contributed by atoms with van der Waals surface area (Å²) in [4.78, 5) is 0. The van der Waals surface area contributed by atoms with Gasteiger partial charge in [0.1, 0.15) is 5.69 Å². The lowest BCUT2D eigenvalue weighted by Crippen LogP contribution is -2.12. The molecule has 0 saturated heterocycles. The summed E-state index contributed by atoms with van der Waals surface area (Å²) in [5, 5.41) is 16.1. The van der Waals surface area contributed by atoms with Crippen molar-refractivity contribution in [3.63, 3.8) is 0 Å². The van der Waals surface area contributed by atoms with Crippen molar-refractivity contribution in [3.05, 3.63) is 23.8 Å². The van der Waals surface area contributed by atoms with Crippen LogP contribution in [0.5, 0.6) is 0 Å². The van der Waals surface area contributed by atoms with E-state index in [4.69, 9.17) is 28.4 Å². The molecule has 0 radical (unpaired) electrons. The van der Waals surface area contributed by atoms with Crippen molar-refractivity contribution in [1.29, 1.82) is 0 Å². The van der Waals surface area contributed by atoms with E-state index in [-0.39, 0.29) is 24.4 Å². The third-order valence-corrected chi connectivity index (χ3v) is 5.07. The minimum atomic E-state index is 0.217. The molecule has 0 amide bonds. The Labute approximate surface area is 261 Å². The molecule has 12 nitrogen and oxygen atoms in total. The molecule has 0 atom stereocenters. The molecule has 0 unspecified atom stereocenters. The molecule has 0 N–H and O–H groups in total. The molecule has 0 bridgehead atoms. The third kappa shape index (κ3) is 27.3. The Morgan fingerprint density at radius 1 is 0.465 bits per heavy atom. The first kappa shape index (κ1) is 41.0. The number of ether oxygens (including phenoxy) is 6. The van der Waals surface area contributed by atoms with Gasteiger partial charge in [-0.3, -0.25) is 0 Å². The van der Waals surface area contributed by atoms with E-state index in [2.05, 4.69) is 20.6 Å². The van der Waals surface area contributed by atoms with E-state index in [1.54, 1.807) is 4.68 Å². The smallest absolute Gasteiger partial charge is 0.108 e. The summed E-state index contributed by atoms with van der Waals surface area (Å²) in [7, 11) is 0. The molecule has 0 aliphatic heterocycles. The molecule has 0 aromatic carbocycles. The Kier molecular flexibility index (Phi) is 24.2. The van der Waals surface area contributed by atoms with Gasteiger partial charge in [-0.1, -0.05) is 10.4 Å². The summed E-state index contributed by atoms with van der Waals surface area (Å²) in [5.41, 5.74) is 1.83. The fourth-order valence-electron chi connectivity index (χ4n) is 3.06. The van der Waals surface area contributed by atoms with Crippen molar-refractivity contribution in [3.8, 4) is 0 Å². The first-order valence-corrected chi connectivity index (χ1v) is 15.8. The Morgan fingerprint density at radius 2 is 0.814 bits per heavy atom. The second-order valence-corrected chi connectivity index (χ2v) is 11.7. The number of nitrogens with zero attached hydrogens (tertiary/aromatic N) is 6. The van der Waals surface area contributed by atoms with Crippen LogP contribution < -0.4 is 0 Å². The quantitative estimate of drug-likeness (QED) is 0.186. The van der Waals surface area contributed by atoms with Crippen LogP contribution in [0.25, 0.3) is 0 Å². The fraction of sp³-hybridized carbons (Fsp3) is 0.871. The monoisotopic (exact) mass is 614 g/mol. The van der Waals surface area contributed by atoms with Crippen molar-refractivity contribution in [2.75, 3.05) is 33.0 Å². The molecule has 0 fully saturated rings. The molecule has 2 aromatic rings. The van der Waals surface area contributed by atoms with Crippen LogP contribution in [0, 0.1) is 0 Å². The summed E-state index contributed by atoms with van der Waals surface area (Å²) >= 11 is 0. The zero-order valence-corrected chi connectivity index (χ0v) is 29.1. The van der Waals surface area contributed by atoms with Crippen molar-refractivity contribution >= 4 is 0 Å². The summed E-state index contributed by atoms with van der Waals surface area (Å²) in [6, 6.07) is 0. The molecule has 2 heterocycles. The van der Waals surface area contributed by atoms with Crippen LogP contribution in [0.15, 0.2) is 12.4 Å². The van der Waals surface area contributed by atoms with Crippen molar-refractivity contribution < 1.29 is 28.4 Å². The average Bonchev–Trinajstić information content (AvgIpc) is 3.55. The van der Waals surface area contributed by atoms with Gasteiger partial charge in [0, 0.05) is 12.6 Å². The minimum Gasteiger partial charge on any atom is -0.378 e. The van der Waals surface area contributed by atoms with Crippen molar-refractivity contribution in [1.82, 2.24) is 30.0 Å². The highest BCUT2D eigenvalue weighted by Gasteiger charge is 2.04. The zero-order valence-electron chi connectivity index (χ0n) is 29.1. The first-order valence-electron chi connectivity index (χ1n) is 15.8. The first-order chi connectivity index (χ1) is 20.3. The molecule has 0 spiro atoms. The maximum atomic E-state index is 5.47. The molecular weight excluding hydrogens is 552 g/mol. The van der Waals surface area contributed by atoms with Crippen LogP contribution >= 0.6 is 0 Å². The topological polar surface area (TPSA) is 117 Å². The Hall–Kier alpha value is -1.96. The molecular formula is C31H62N6O6. The predicted molar refractivity (Wildman–Crippen MR) is 169 cm³/mol. The molecule has 252 valence electrons. The molecule has 12 heteroatoms. The summed E-state index contributed by atoms with van der Waals surface area (Å²) in [5.74, 6) is 0. The highest BCUT2D eigenvalue weighted by atomic mass is 16.5. The van der Waals surface area contributed by atoms with Gasteiger partial charge in [0.25, 0.3) is 0 Å². The SMILES string of the molecule is CC(C)OCCOC(C)C.CC(C)OCCc1cn(CCOC(C)C)nn1.CC(C)OCCn1cc(COC(C)C)nn1. The number of aromatic nitrogens is 6. The predicted octanol–water partition coefficient (Wildman–Crippen LogP) is 5.14. The normalized spacial score (nSPS) is 11.6.